The van der Waals surface area contributed by atoms with Gasteiger partial charge in [0.1, 0.15) is 11.9 Å². The van der Waals surface area contributed by atoms with Crippen LogP contribution in [0.15, 0.2) is 12.1 Å². The Morgan fingerprint density at radius 3 is 2.64 bits per heavy atom. The number of hydrogen-bond acceptors (Lipinski definition) is 4. The number of hydrogen-bond donors (Lipinski definition) is 3. The van der Waals surface area contributed by atoms with Crippen molar-refractivity contribution in [2.75, 3.05) is 20.2 Å². The molecule has 0 fully saturated rings. The van der Waals surface area contributed by atoms with Crippen LogP contribution in [-0.4, -0.2) is 43.2 Å². The van der Waals surface area contributed by atoms with E-state index in [4.69, 9.17) is 4.74 Å². The van der Waals surface area contributed by atoms with Crippen molar-refractivity contribution in [2.24, 2.45) is 0 Å². The predicted molar refractivity (Wildman–Crippen MR) is 82.4 cm³/mol. The Kier molecular flexibility index (Phi) is 5.03. The number of benzene rings is 1. The van der Waals surface area contributed by atoms with E-state index in [-0.39, 0.29) is 24.3 Å². The Labute approximate surface area is 129 Å². The SMILES string of the molecule is CCCNC(=O)c1cc(C(=O)NC)c2c(c1)[C@H](C)[C@@H](CO)O2. The van der Waals surface area contributed by atoms with Crippen LogP contribution in [0.25, 0.3) is 0 Å². The zero-order valence-corrected chi connectivity index (χ0v) is 13.1. The summed E-state index contributed by atoms with van der Waals surface area (Å²) in [6.45, 7) is 4.33. The minimum atomic E-state index is -0.396. The van der Waals surface area contributed by atoms with E-state index < -0.39 is 6.10 Å². The number of aliphatic hydroxyl groups is 1. The van der Waals surface area contributed by atoms with Gasteiger partial charge in [0.15, 0.2) is 0 Å². The molecule has 1 aromatic carbocycles. The molecule has 6 nitrogen and oxygen atoms in total. The van der Waals surface area contributed by atoms with Gasteiger partial charge in [-0.2, -0.15) is 0 Å². The standard InChI is InChI=1S/C16H22N2O4/c1-4-5-18-15(20)10-6-11-9(2)13(8-19)22-14(11)12(7-10)16(21)17-3/h6-7,9,13,19H,4-5,8H2,1-3H3,(H,17,21)(H,18,20)/t9-,13+/m0/s1. The summed E-state index contributed by atoms with van der Waals surface area (Å²) in [4.78, 5) is 24.3. The molecule has 120 valence electrons. The lowest BCUT2D eigenvalue weighted by atomic mass is 9.93. The highest BCUT2D eigenvalue weighted by Crippen LogP contribution is 2.41. The van der Waals surface area contributed by atoms with Crippen molar-refractivity contribution in [1.29, 1.82) is 0 Å². The highest BCUT2D eigenvalue weighted by molar-refractivity contribution is 6.02. The first kappa shape index (κ1) is 16.3. The molecule has 0 spiro atoms. The molecule has 2 atom stereocenters. The number of nitrogens with one attached hydrogen (secondary N) is 2. The van der Waals surface area contributed by atoms with Crippen LogP contribution >= 0.6 is 0 Å². The number of ether oxygens (including phenoxy) is 1. The lowest BCUT2D eigenvalue weighted by molar-refractivity contribution is 0.0945. The molecule has 3 N–H and O–H groups in total. The molecule has 0 radical (unpaired) electrons. The number of fused-ring (bicyclic) bond motifs is 1. The summed E-state index contributed by atoms with van der Waals surface area (Å²) >= 11 is 0. The van der Waals surface area contributed by atoms with Gasteiger partial charge < -0.3 is 20.5 Å². The minimum absolute atomic E-state index is 0.0812. The van der Waals surface area contributed by atoms with Gasteiger partial charge in [0.2, 0.25) is 0 Å². The van der Waals surface area contributed by atoms with E-state index in [1.165, 1.54) is 13.1 Å². The largest absolute Gasteiger partial charge is 0.486 e. The van der Waals surface area contributed by atoms with Gasteiger partial charge in [-0.15, -0.1) is 0 Å². The van der Waals surface area contributed by atoms with E-state index in [1.807, 2.05) is 13.8 Å². The first-order valence-corrected chi connectivity index (χ1v) is 7.49. The molecule has 2 amide bonds. The van der Waals surface area contributed by atoms with Crippen LogP contribution < -0.4 is 15.4 Å². The summed E-state index contributed by atoms with van der Waals surface area (Å²) in [5.74, 6) is -0.151. The second-order valence-electron chi connectivity index (χ2n) is 5.40. The van der Waals surface area contributed by atoms with Crippen molar-refractivity contribution in [2.45, 2.75) is 32.3 Å². The maximum Gasteiger partial charge on any atom is 0.254 e. The fourth-order valence-electron chi connectivity index (χ4n) is 2.55. The van der Waals surface area contributed by atoms with Crippen LogP contribution in [0.3, 0.4) is 0 Å². The van der Waals surface area contributed by atoms with E-state index in [0.717, 1.165) is 12.0 Å². The molecule has 6 heteroatoms. The zero-order chi connectivity index (χ0) is 16.3. The fraction of sp³-hybridized carbons (Fsp3) is 0.500. The Bertz CT molecular complexity index is 586. The molecule has 0 saturated heterocycles. The lowest BCUT2D eigenvalue weighted by Gasteiger charge is -2.11. The van der Waals surface area contributed by atoms with E-state index in [0.29, 0.717) is 23.4 Å². The highest BCUT2D eigenvalue weighted by Gasteiger charge is 2.34. The molecule has 1 aliphatic heterocycles. The van der Waals surface area contributed by atoms with E-state index in [9.17, 15) is 14.7 Å². The topological polar surface area (TPSA) is 87.7 Å². The first-order chi connectivity index (χ1) is 10.5. The number of aliphatic hydroxyl groups excluding tert-OH is 1. The number of rotatable bonds is 5. The molecule has 0 aromatic heterocycles. The van der Waals surface area contributed by atoms with Crippen molar-refractivity contribution in [3.05, 3.63) is 28.8 Å². The van der Waals surface area contributed by atoms with E-state index >= 15 is 0 Å². The Morgan fingerprint density at radius 2 is 2.05 bits per heavy atom. The molecule has 0 saturated carbocycles. The molecule has 0 bridgehead atoms. The molecule has 1 heterocycles. The minimum Gasteiger partial charge on any atom is -0.486 e. The van der Waals surface area contributed by atoms with Crippen molar-refractivity contribution in [1.82, 2.24) is 10.6 Å². The van der Waals surface area contributed by atoms with Crippen molar-refractivity contribution >= 4 is 11.8 Å². The molecule has 1 aliphatic rings. The number of carbonyl (C=O) groups excluding carboxylic acids is 2. The molecule has 2 rings (SSSR count). The summed E-state index contributed by atoms with van der Waals surface area (Å²) in [5, 5.41) is 14.7. The van der Waals surface area contributed by atoms with Gasteiger partial charge in [-0.25, -0.2) is 0 Å². The molecule has 0 unspecified atom stereocenters. The highest BCUT2D eigenvalue weighted by atomic mass is 16.5. The van der Waals surface area contributed by atoms with Gasteiger partial charge in [0.25, 0.3) is 11.8 Å². The van der Waals surface area contributed by atoms with Gasteiger partial charge in [-0.3, -0.25) is 9.59 Å². The van der Waals surface area contributed by atoms with Gasteiger partial charge in [-0.1, -0.05) is 13.8 Å². The van der Waals surface area contributed by atoms with E-state index in [1.54, 1.807) is 6.07 Å². The molecule has 22 heavy (non-hydrogen) atoms. The predicted octanol–water partition coefficient (Wildman–Crippen LogP) is 1.04. The second-order valence-corrected chi connectivity index (χ2v) is 5.40. The summed E-state index contributed by atoms with van der Waals surface area (Å²) < 4.78 is 5.70. The van der Waals surface area contributed by atoms with Crippen LogP contribution in [0.1, 0.15) is 52.5 Å². The van der Waals surface area contributed by atoms with Crippen molar-refractivity contribution < 1.29 is 19.4 Å². The van der Waals surface area contributed by atoms with Crippen LogP contribution in [0.4, 0.5) is 0 Å². The number of amides is 2. The van der Waals surface area contributed by atoms with Gasteiger partial charge >= 0.3 is 0 Å². The lowest BCUT2D eigenvalue weighted by Crippen LogP contribution is -2.25. The van der Waals surface area contributed by atoms with E-state index in [2.05, 4.69) is 10.6 Å². The maximum atomic E-state index is 12.2. The molecular formula is C16H22N2O4. The smallest absolute Gasteiger partial charge is 0.254 e. The van der Waals surface area contributed by atoms with Crippen molar-refractivity contribution in [3.63, 3.8) is 0 Å². The van der Waals surface area contributed by atoms with Gasteiger partial charge in [0.05, 0.1) is 12.2 Å². The third kappa shape index (κ3) is 2.92. The van der Waals surface area contributed by atoms with Crippen LogP contribution in [0, 0.1) is 0 Å². The fourth-order valence-corrected chi connectivity index (χ4v) is 2.55. The third-order valence-corrected chi connectivity index (χ3v) is 3.88. The van der Waals surface area contributed by atoms with Crippen LogP contribution in [-0.2, 0) is 0 Å². The van der Waals surface area contributed by atoms with Crippen LogP contribution in [0.5, 0.6) is 5.75 Å². The normalized spacial score (nSPS) is 19.3. The average molecular weight is 306 g/mol. The van der Waals surface area contributed by atoms with Crippen LogP contribution in [0.2, 0.25) is 0 Å². The summed E-state index contributed by atoms with van der Waals surface area (Å²) in [6.07, 6.45) is 0.442. The third-order valence-electron chi connectivity index (χ3n) is 3.88. The zero-order valence-electron chi connectivity index (χ0n) is 13.1. The number of carbonyl (C=O) groups is 2. The quantitative estimate of drug-likeness (QED) is 0.758. The Balaban J connectivity index is 2.46. The summed E-state index contributed by atoms with van der Waals surface area (Å²) in [5.41, 5.74) is 1.53. The molecule has 1 aromatic rings. The second kappa shape index (κ2) is 6.79. The summed E-state index contributed by atoms with van der Waals surface area (Å²) in [7, 11) is 1.53. The average Bonchev–Trinajstić information content (AvgIpc) is 2.87. The first-order valence-electron chi connectivity index (χ1n) is 7.49. The Morgan fingerprint density at radius 1 is 1.32 bits per heavy atom. The summed E-state index contributed by atoms with van der Waals surface area (Å²) in [6, 6.07) is 3.28. The monoisotopic (exact) mass is 306 g/mol. The molecule has 0 aliphatic carbocycles. The Hall–Kier alpha value is -2.08. The van der Waals surface area contributed by atoms with Gasteiger partial charge in [-0.05, 0) is 18.6 Å². The maximum absolute atomic E-state index is 12.2. The van der Waals surface area contributed by atoms with Gasteiger partial charge in [0, 0.05) is 30.6 Å². The van der Waals surface area contributed by atoms with Crippen molar-refractivity contribution in [3.8, 4) is 5.75 Å². The molecular weight excluding hydrogens is 284 g/mol.